The van der Waals surface area contributed by atoms with E-state index < -0.39 is 12.1 Å². The van der Waals surface area contributed by atoms with Gasteiger partial charge in [0.25, 0.3) is 0 Å². The average molecular weight is 664 g/mol. The van der Waals surface area contributed by atoms with Crippen molar-refractivity contribution in [1.29, 1.82) is 10.5 Å². The van der Waals surface area contributed by atoms with Gasteiger partial charge in [-0.3, -0.25) is 0 Å². The molecule has 200 valence electrons. The first kappa shape index (κ1) is 29.5. The lowest BCUT2D eigenvalue weighted by atomic mass is 10.2. The summed E-state index contributed by atoms with van der Waals surface area (Å²) >= 11 is 6.63. The van der Waals surface area contributed by atoms with Crippen LogP contribution in [-0.2, 0) is 0 Å². The van der Waals surface area contributed by atoms with Crippen LogP contribution in [0.1, 0.15) is 11.1 Å². The van der Waals surface area contributed by atoms with Gasteiger partial charge in [-0.1, -0.05) is 24.3 Å². The molecule has 0 fully saturated rings. The summed E-state index contributed by atoms with van der Waals surface area (Å²) in [4.78, 5) is 23.6. The van der Waals surface area contributed by atoms with Gasteiger partial charge in [-0.25, -0.2) is 9.59 Å². The van der Waals surface area contributed by atoms with Crippen LogP contribution in [0.4, 0.5) is 32.3 Å². The fourth-order valence-corrected chi connectivity index (χ4v) is 3.86. The highest BCUT2D eigenvalue weighted by Gasteiger charge is 2.10. The number of carbonyl (C=O) groups is 2. The van der Waals surface area contributed by atoms with Crippen LogP contribution in [0.2, 0.25) is 0 Å². The van der Waals surface area contributed by atoms with Crippen LogP contribution in [0.5, 0.6) is 11.5 Å². The largest absolute Gasteiger partial charge is 0.506 e. The molecule has 0 radical (unpaired) electrons. The number of phenols is 2. The van der Waals surface area contributed by atoms with E-state index in [2.05, 4.69) is 53.1 Å². The number of nitrogens with zero attached hydrogens (tertiary/aromatic N) is 2. The zero-order valence-corrected chi connectivity index (χ0v) is 23.6. The molecule has 4 aromatic carbocycles. The van der Waals surface area contributed by atoms with Crippen molar-refractivity contribution in [2.75, 3.05) is 21.3 Å². The molecule has 0 aliphatic heterocycles. The van der Waals surface area contributed by atoms with Crippen molar-refractivity contribution >= 4 is 66.7 Å². The molecule has 4 amide bonds. The van der Waals surface area contributed by atoms with Gasteiger partial charge in [0, 0.05) is 8.95 Å². The van der Waals surface area contributed by atoms with Gasteiger partial charge in [0.2, 0.25) is 0 Å². The molecule has 0 heterocycles. The van der Waals surface area contributed by atoms with E-state index in [1.54, 1.807) is 36.4 Å². The number of urea groups is 2. The molecule has 0 aliphatic carbocycles. The standard InChI is InChI=1S/2C14H10BrN3O2/c2*15-10-3-1-2-4-11(10)17-14(20)18-12-6-5-9(8-16)7-13(12)19/h2*1-7,19H,(H2,17,18,20). The van der Waals surface area contributed by atoms with Crippen LogP contribution >= 0.6 is 31.9 Å². The fraction of sp³-hybridized carbons (Fsp3) is 0. The first-order valence-corrected chi connectivity index (χ1v) is 12.9. The van der Waals surface area contributed by atoms with Gasteiger partial charge in [0.05, 0.1) is 46.0 Å². The normalized spacial score (nSPS) is 9.60. The summed E-state index contributed by atoms with van der Waals surface area (Å²) in [6.07, 6.45) is 0. The van der Waals surface area contributed by atoms with Crippen molar-refractivity contribution < 1.29 is 19.8 Å². The van der Waals surface area contributed by atoms with E-state index in [-0.39, 0.29) is 22.9 Å². The van der Waals surface area contributed by atoms with E-state index in [1.165, 1.54) is 36.4 Å². The number of para-hydroxylation sites is 2. The number of nitrogens with one attached hydrogen (secondary N) is 4. The first-order valence-electron chi connectivity index (χ1n) is 11.3. The third-order valence-electron chi connectivity index (χ3n) is 4.99. The molecule has 0 aliphatic rings. The smallest absolute Gasteiger partial charge is 0.323 e. The van der Waals surface area contributed by atoms with Gasteiger partial charge in [-0.2, -0.15) is 10.5 Å². The highest BCUT2D eigenvalue weighted by molar-refractivity contribution is 9.11. The van der Waals surface area contributed by atoms with Crippen molar-refractivity contribution in [1.82, 2.24) is 0 Å². The zero-order chi connectivity index (χ0) is 29.1. The number of anilines is 4. The van der Waals surface area contributed by atoms with Gasteiger partial charge >= 0.3 is 12.1 Å². The van der Waals surface area contributed by atoms with Crippen molar-refractivity contribution in [3.05, 3.63) is 105 Å². The van der Waals surface area contributed by atoms with Crippen LogP contribution < -0.4 is 21.3 Å². The maximum Gasteiger partial charge on any atom is 0.323 e. The number of benzene rings is 4. The Kier molecular flexibility index (Phi) is 10.5. The lowest BCUT2D eigenvalue weighted by Crippen LogP contribution is -2.19. The first-order chi connectivity index (χ1) is 19.2. The third kappa shape index (κ3) is 8.49. The van der Waals surface area contributed by atoms with Crippen molar-refractivity contribution in [3.8, 4) is 23.6 Å². The molecule has 0 atom stereocenters. The quantitative estimate of drug-likeness (QED) is 0.125. The van der Waals surface area contributed by atoms with E-state index in [4.69, 9.17) is 10.5 Å². The number of hydrogen-bond acceptors (Lipinski definition) is 6. The number of aromatic hydroxyl groups is 2. The Bertz CT molecular complexity index is 1510. The summed E-state index contributed by atoms with van der Waals surface area (Å²) in [7, 11) is 0. The summed E-state index contributed by atoms with van der Waals surface area (Å²) in [6, 6.07) is 25.7. The predicted molar refractivity (Wildman–Crippen MR) is 159 cm³/mol. The molecule has 0 saturated heterocycles. The highest BCUT2D eigenvalue weighted by atomic mass is 79.9. The monoisotopic (exact) mass is 662 g/mol. The van der Waals surface area contributed by atoms with E-state index in [0.29, 0.717) is 22.5 Å². The molecule has 6 N–H and O–H groups in total. The van der Waals surface area contributed by atoms with E-state index in [1.807, 2.05) is 24.3 Å². The molecule has 0 aromatic heterocycles. The lowest BCUT2D eigenvalue weighted by molar-refractivity contribution is 0.261. The molecule has 0 bridgehead atoms. The van der Waals surface area contributed by atoms with Crippen LogP contribution in [-0.4, -0.2) is 22.3 Å². The van der Waals surface area contributed by atoms with Gasteiger partial charge in [0.15, 0.2) is 0 Å². The Morgan fingerprint density at radius 1 is 0.575 bits per heavy atom. The molecule has 0 spiro atoms. The summed E-state index contributed by atoms with van der Waals surface area (Å²) in [6.45, 7) is 0. The topological polar surface area (TPSA) is 170 Å². The Morgan fingerprint density at radius 3 is 1.25 bits per heavy atom. The van der Waals surface area contributed by atoms with Crippen molar-refractivity contribution in [2.45, 2.75) is 0 Å². The van der Waals surface area contributed by atoms with Crippen LogP contribution in [0, 0.1) is 22.7 Å². The molecule has 12 heteroatoms. The number of phenolic OH excluding ortho intramolecular Hbond substituents is 2. The molecule has 4 rings (SSSR count). The zero-order valence-electron chi connectivity index (χ0n) is 20.4. The summed E-state index contributed by atoms with van der Waals surface area (Å²) in [5.74, 6) is -0.322. The number of hydrogen-bond donors (Lipinski definition) is 6. The number of halogens is 2. The summed E-state index contributed by atoms with van der Waals surface area (Å²) in [5.41, 5.74) is 2.32. The number of carbonyl (C=O) groups excluding carboxylic acids is 2. The SMILES string of the molecule is N#Cc1ccc(NC(=O)Nc2ccccc2Br)c(O)c1.N#Cc1ccc(NC(=O)Nc2ccccc2Br)c(O)c1. The van der Waals surface area contributed by atoms with Gasteiger partial charge in [-0.15, -0.1) is 0 Å². The molecule has 40 heavy (non-hydrogen) atoms. The number of rotatable bonds is 4. The highest BCUT2D eigenvalue weighted by Crippen LogP contribution is 2.27. The molecular formula is C28H20Br2N6O4. The minimum absolute atomic E-state index is 0.161. The molecular weight excluding hydrogens is 644 g/mol. The maximum atomic E-state index is 11.8. The van der Waals surface area contributed by atoms with E-state index in [0.717, 1.165) is 8.95 Å². The van der Waals surface area contributed by atoms with Crippen LogP contribution in [0.25, 0.3) is 0 Å². The van der Waals surface area contributed by atoms with Gasteiger partial charge < -0.3 is 31.5 Å². The average Bonchev–Trinajstić information content (AvgIpc) is 2.94. The summed E-state index contributed by atoms with van der Waals surface area (Å²) < 4.78 is 1.50. The second-order valence-corrected chi connectivity index (χ2v) is 9.51. The van der Waals surface area contributed by atoms with Crippen LogP contribution in [0.15, 0.2) is 93.9 Å². The van der Waals surface area contributed by atoms with E-state index >= 15 is 0 Å². The summed E-state index contributed by atoms with van der Waals surface area (Å²) in [5, 5.41) is 47.1. The van der Waals surface area contributed by atoms with Gasteiger partial charge in [-0.05, 0) is 92.5 Å². The number of amides is 4. The molecule has 10 nitrogen and oxygen atoms in total. The van der Waals surface area contributed by atoms with Crippen molar-refractivity contribution in [2.24, 2.45) is 0 Å². The lowest BCUT2D eigenvalue weighted by Gasteiger charge is -2.10. The molecule has 0 unspecified atom stereocenters. The molecule has 0 saturated carbocycles. The predicted octanol–water partition coefficient (Wildman–Crippen LogP) is 7.34. The van der Waals surface area contributed by atoms with Crippen LogP contribution in [0.3, 0.4) is 0 Å². The molecule has 4 aromatic rings. The second-order valence-electron chi connectivity index (χ2n) is 7.81. The maximum absolute atomic E-state index is 11.8. The minimum Gasteiger partial charge on any atom is -0.506 e. The Morgan fingerprint density at radius 2 is 0.925 bits per heavy atom. The minimum atomic E-state index is -0.489. The number of nitriles is 2. The Balaban J connectivity index is 0.000000220. The fourth-order valence-electron chi connectivity index (χ4n) is 3.09. The third-order valence-corrected chi connectivity index (χ3v) is 6.38. The Labute approximate surface area is 246 Å². The van der Waals surface area contributed by atoms with E-state index in [9.17, 15) is 19.8 Å². The van der Waals surface area contributed by atoms with Crippen molar-refractivity contribution in [3.63, 3.8) is 0 Å². The van der Waals surface area contributed by atoms with Gasteiger partial charge in [0.1, 0.15) is 11.5 Å². The Hall–Kier alpha value is -5.04. The second kappa shape index (κ2) is 14.2.